The van der Waals surface area contributed by atoms with E-state index in [1.54, 1.807) is 7.11 Å². The maximum atomic E-state index is 5.69. The Morgan fingerprint density at radius 2 is 1.83 bits per heavy atom. The third-order valence-corrected chi connectivity index (χ3v) is 3.84. The zero-order chi connectivity index (χ0) is 17.2. The Bertz CT molecular complexity index is 602. The third kappa shape index (κ3) is 5.46. The zero-order valence-electron chi connectivity index (χ0n) is 14.9. The van der Waals surface area contributed by atoms with Gasteiger partial charge in [-0.25, -0.2) is 0 Å². The highest BCUT2D eigenvalue weighted by Gasteiger charge is 2.06. The van der Waals surface area contributed by atoms with Crippen molar-refractivity contribution in [3.05, 3.63) is 54.1 Å². The number of likely N-dealkylation sites (N-methyl/N-ethyl adjacent to an activating group) is 1. The molecular weight excluding hydrogens is 300 g/mol. The summed E-state index contributed by atoms with van der Waals surface area (Å²) in [6, 6.07) is 16.5. The summed E-state index contributed by atoms with van der Waals surface area (Å²) in [5, 5.41) is 3.48. The fourth-order valence-corrected chi connectivity index (χ4v) is 2.44. The Balaban J connectivity index is 1.79. The van der Waals surface area contributed by atoms with Crippen molar-refractivity contribution in [1.82, 2.24) is 5.32 Å². The molecule has 0 aliphatic heterocycles. The number of nitrogens with zero attached hydrogens (tertiary/aromatic N) is 1. The van der Waals surface area contributed by atoms with Gasteiger partial charge in [-0.1, -0.05) is 31.2 Å². The molecule has 130 valence electrons. The highest BCUT2D eigenvalue weighted by molar-refractivity contribution is 5.45. The molecule has 0 atom stereocenters. The Labute approximate surface area is 145 Å². The number of hydrogen-bond donors (Lipinski definition) is 1. The molecule has 0 saturated carbocycles. The van der Waals surface area contributed by atoms with Crippen LogP contribution in [0.15, 0.2) is 48.5 Å². The highest BCUT2D eigenvalue weighted by atomic mass is 16.5. The Morgan fingerprint density at radius 3 is 2.54 bits per heavy atom. The van der Waals surface area contributed by atoms with Crippen LogP contribution in [0.1, 0.15) is 18.9 Å². The maximum Gasteiger partial charge on any atom is 0.161 e. The first-order valence-electron chi connectivity index (χ1n) is 8.51. The average Bonchev–Trinajstić information content (AvgIpc) is 2.64. The molecule has 2 aromatic rings. The second-order valence-electron chi connectivity index (χ2n) is 5.77. The van der Waals surface area contributed by atoms with Crippen molar-refractivity contribution in [2.24, 2.45) is 0 Å². The number of para-hydroxylation sites is 1. The molecule has 0 aliphatic carbocycles. The molecule has 0 amide bonds. The molecule has 1 N–H and O–H groups in total. The Morgan fingerprint density at radius 1 is 1.04 bits per heavy atom. The van der Waals surface area contributed by atoms with Crippen LogP contribution in [0.25, 0.3) is 0 Å². The summed E-state index contributed by atoms with van der Waals surface area (Å²) >= 11 is 0. The van der Waals surface area contributed by atoms with Gasteiger partial charge in [0.25, 0.3) is 0 Å². The van der Waals surface area contributed by atoms with Crippen molar-refractivity contribution in [1.29, 1.82) is 0 Å². The second kappa shape index (κ2) is 9.83. The molecule has 0 saturated heterocycles. The molecule has 0 fully saturated rings. The monoisotopic (exact) mass is 328 g/mol. The predicted octanol–water partition coefficient (Wildman–Crippen LogP) is 3.71. The van der Waals surface area contributed by atoms with Crippen molar-refractivity contribution in [2.45, 2.75) is 19.9 Å². The molecule has 4 heteroatoms. The minimum Gasteiger partial charge on any atom is -0.493 e. The number of benzene rings is 2. The van der Waals surface area contributed by atoms with Crippen molar-refractivity contribution >= 4 is 5.69 Å². The number of anilines is 1. The first-order chi connectivity index (χ1) is 11.7. The van der Waals surface area contributed by atoms with Crippen LogP contribution < -0.4 is 19.7 Å². The lowest BCUT2D eigenvalue weighted by Crippen LogP contribution is -2.28. The third-order valence-electron chi connectivity index (χ3n) is 3.84. The van der Waals surface area contributed by atoms with Gasteiger partial charge in [-0.2, -0.15) is 0 Å². The van der Waals surface area contributed by atoms with Crippen molar-refractivity contribution in [3.8, 4) is 11.5 Å². The topological polar surface area (TPSA) is 33.7 Å². The molecule has 24 heavy (non-hydrogen) atoms. The fourth-order valence-electron chi connectivity index (χ4n) is 2.44. The van der Waals surface area contributed by atoms with E-state index in [1.165, 1.54) is 11.3 Å². The van der Waals surface area contributed by atoms with Crippen molar-refractivity contribution < 1.29 is 9.47 Å². The molecule has 2 rings (SSSR count). The second-order valence-corrected chi connectivity index (χ2v) is 5.77. The summed E-state index contributed by atoms with van der Waals surface area (Å²) in [6.07, 6.45) is 0.987. The van der Waals surface area contributed by atoms with Crippen LogP contribution in [0.5, 0.6) is 11.5 Å². The molecule has 0 aliphatic rings. The quantitative estimate of drug-likeness (QED) is 0.674. The molecule has 0 unspecified atom stereocenters. The standard InChI is InChI=1S/C20H28N2O2/c1-4-14-24-19-11-10-17(15-20(19)23-3)16-21-12-13-22(2)18-8-6-5-7-9-18/h5-11,15,21H,4,12-14,16H2,1-3H3. The molecular formula is C20H28N2O2. The van der Waals surface area contributed by atoms with E-state index in [-0.39, 0.29) is 0 Å². The summed E-state index contributed by atoms with van der Waals surface area (Å²) in [6.45, 7) is 5.49. The molecule has 0 spiro atoms. The van der Waals surface area contributed by atoms with E-state index in [9.17, 15) is 0 Å². The number of ether oxygens (including phenoxy) is 2. The van der Waals surface area contributed by atoms with E-state index in [0.717, 1.165) is 37.6 Å². The Hall–Kier alpha value is -2.20. The first kappa shape index (κ1) is 18.1. The zero-order valence-corrected chi connectivity index (χ0v) is 14.9. The lowest BCUT2D eigenvalue weighted by molar-refractivity contribution is 0.294. The summed E-state index contributed by atoms with van der Waals surface area (Å²) in [4.78, 5) is 2.25. The highest BCUT2D eigenvalue weighted by Crippen LogP contribution is 2.28. The van der Waals surface area contributed by atoms with E-state index >= 15 is 0 Å². The van der Waals surface area contributed by atoms with Crippen molar-refractivity contribution in [3.63, 3.8) is 0 Å². The van der Waals surface area contributed by atoms with Crippen LogP contribution in [0.3, 0.4) is 0 Å². The van der Waals surface area contributed by atoms with E-state index in [2.05, 4.69) is 54.5 Å². The van der Waals surface area contributed by atoms with Crippen LogP contribution in [0.4, 0.5) is 5.69 Å². The van der Waals surface area contributed by atoms with Gasteiger partial charge in [0.15, 0.2) is 11.5 Å². The van der Waals surface area contributed by atoms with Gasteiger partial charge in [-0.05, 0) is 36.2 Å². The van der Waals surface area contributed by atoms with Gasteiger partial charge in [0.1, 0.15) is 0 Å². The number of rotatable bonds is 10. The SMILES string of the molecule is CCCOc1ccc(CNCCN(C)c2ccccc2)cc1OC. The summed E-state index contributed by atoms with van der Waals surface area (Å²) in [5.41, 5.74) is 2.43. The molecule has 0 heterocycles. The van der Waals surface area contributed by atoms with Gasteiger partial charge in [0.05, 0.1) is 13.7 Å². The minimum atomic E-state index is 0.708. The van der Waals surface area contributed by atoms with Gasteiger partial charge >= 0.3 is 0 Å². The Kier molecular flexibility index (Phi) is 7.43. The maximum absolute atomic E-state index is 5.69. The van der Waals surface area contributed by atoms with Gasteiger partial charge in [0.2, 0.25) is 0 Å². The number of methoxy groups -OCH3 is 1. The van der Waals surface area contributed by atoms with Crippen LogP contribution in [-0.4, -0.2) is 33.9 Å². The van der Waals surface area contributed by atoms with Gasteiger partial charge in [0, 0.05) is 32.4 Å². The number of nitrogens with one attached hydrogen (secondary N) is 1. The summed E-state index contributed by atoms with van der Waals surface area (Å²) in [5.74, 6) is 1.61. The largest absolute Gasteiger partial charge is 0.493 e. The minimum absolute atomic E-state index is 0.708. The van der Waals surface area contributed by atoms with Crippen molar-refractivity contribution in [2.75, 3.05) is 38.8 Å². The normalized spacial score (nSPS) is 10.5. The predicted molar refractivity (Wildman–Crippen MR) is 100 cm³/mol. The van der Waals surface area contributed by atoms with Gasteiger partial charge < -0.3 is 19.7 Å². The number of hydrogen-bond acceptors (Lipinski definition) is 4. The van der Waals surface area contributed by atoms with E-state index < -0.39 is 0 Å². The van der Waals surface area contributed by atoms with E-state index in [0.29, 0.717) is 6.61 Å². The lowest BCUT2D eigenvalue weighted by Gasteiger charge is -2.19. The smallest absolute Gasteiger partial charge is 0.161 e. The molecule has 0 bridgehead atoms. The van der Waals surface area contributed by atoms with Crippen LogP contribution in [0, 0.1) is 0 Å². The van der Waals surface area contributed by atoms with Crippen LogP contribution in [0.2, 0.25) is 0 Å². The summed E-state index contributed by atoms with van der Waals surface area (Å²) in [7, 11) is 3.79. The molecule has 0 aromatic heterocycles. The van der Waals surface area contributed by atoms with Crippen LogP contribution in [-0.2, 0) is 6.54 Å². The van der Waals surface area contributed by atoms with Gasteiger partial charge in [-0.15, -0.1) is 0 Å². The molecule has 4 nitrogen and oxygen atoms in total. The van der Waals surface area contributed by atoms with E-state index in [4.69, 9.17) is 9.47 Å². The first-order valence-corrected chi connectivity index (χ1v) is 8.51. The fraction of sp³-hybridized carbons (Fsp3) is 0.400. The summed E-state index contributed by atoms with van der Waals surface area (Å²) < 4.78 is 11.1. The van der Waals surface area contributed by atoms with E-state index in [1.807, 2.05) is 18.2 Å². The average molecular weight is 328 g/mol. The lowest BCUT2D eigenvalue weighted by atomic mass is 10.2. The molecule has 2 aromatic carbocycles. The van der Waals surface area contributed by atoms with Gasteiger partial charge in [-0.3, -0.25) is 0 Å². The molecule has 0 radical (unpaired) electrons. The van der Waals surface area contributed by atoms with Crippen LogP contribution >= 0.6 is 0 Å².